The Morgan fingerprint density at radius 1 is 1.00 bits per heavy atom. The number of nitrogens with zero attached hydrogens (tertiary/aromatic N) is 3. The highest BCUT2D eigenvalue weighted by Crippen LogP contribution is 2.31. The number of urea groups is 1. The molecule has 4 rings (SSSR count). The smallest absolute Gasteiger partial charge is 0.319 e. The number of rotatable bonds is 5. The van der Waals surface area contributed by atoms with Crippen LogP contribution >= 0.6 is 11.3 Å². The molecular formula is C21H34N4OS. The molecule has 150 valence electrons. The quantitative estimate of drug-likeness (QED) is 0.748. The first-order valence-corrected chi connectivity index (χ1v) is 11.9. The molecule has 1 saturated heterocycles. The van der Waals surface area contributed by atoms with Crippen LogP contribution in [0.25, 0.3) is 0 Å². The predicted molar refractivity (Wildman–Crippen MR) is 111 cm³/mol. The Morgan fingerprint density at radius 2 is 1.59 bits per heavy atom. The van der Waals surface area contributed by atoms with E-state index in [1.807, 2.05) is 6.20 Å². The molecule has 0 atom stereocenters. The molecular weight excluding hydrogens is 356 g/mol. The van der Waals surface area contributed by atoms with E-state index in [9.17, 15) is 4.79 Å². The number of nitrogens with one attached hydrogen (secondary N) is 1. The van der Waals surface area contributed by atoms with Crippen LogP contribution in [0.2, 0.25) is 0 Å². The second-order valence-electron chi connectivity index (χ2n) is 8.54. The molecule has 2 aliphatic carbocycles. The number of carbonyl (C=O) groups excluding carboxylic acids is 1. The third kappa shape index (κ3) is 5.02. The van der Waals surface area contributed by atoms with Crippen molar-refractivity contribution in [3.8, 4) is 0 Å². The van der Waals surface area contributed by atoms with Crippen molar-refractivity contribution in [3.05, 3.63) is 11.1 Å². The molecule has 1 aliphatic heterocycles. The van der Waals surface area contributed by atoms with Crippen LogP contribution in [-0.2, 0) is 6.54 Å². The first-order valence-electron chi connectivity index (χ1n) is 11.1. The second kappa shape index (κ2) is 9.37. The molecule has 2 saturated carbocycles. The minimum absolute atomic E-state index is 0.0934. The van der Waals surface area contributed by atoms with E-state index < -0.39 is 0 Å². The summed E-state index contributed by atoms with van der Waals surface area (Å²) in [7, 11) is 0. The monoisotopic (exact) mass is 390 g/mol. The minimum Gasteiger partial charge on any atom is -0.319 e. The van der Waals surface area contributed by atoms with Crippen LogP contribution in [0.15, 0.2) is 6.20 Å². The Balaban J connectivity index is 1.40. The molecule has 5 nitrogen and oxygen atoms in total. The lowest BCUT2D eigenvalue weighted by Gasteiger charge is -2.41. The summed E-state index contributed by atoms with van der Waals surface area (Å²) in [6, 6.07) is 0.938. The number of anilines is 1. The largest absolute Gasteiger partial charge is 0.324 e. The van der Waals surface area contributed by atoms with Crippen LogP contribution in [0, 0.1) is 0 Å². The Labute approximate surface area is 167 Å². The van der Waals surface area contributed by atoms with Gasteiger partial charge < -0.3 is 4.90 Å². The third-order valence-electron chi connectivity index (χ3n) is 6.52. The van der Waals surface area contributed by atoms with Crippen molar-refractivity contribution >= 4 is 22.5 Å². The number of amides is 2. The molecule has 27 heavy (non-hydrogen) atoms. The first-order chi connectivity index (χ1) is 13.3. The van der Waals surface area contributed by atoms with Gasteiger partial charge in [-0.1, -0.05) is 38.5 Å². The number of aromatic nitrogens is 1. The van der Waals surface area contributed by atoms with E-state index in [-0.39, 0.29) is 6.03 Å². The lowest BCUT2D eigenvalue weighted by molar-refractivity contribution is 0.114. The van der Waals surface area contributed by atoms with Gasteiger partial charge in [-0.15, -0.1) is 11.3 Å². The molecule has 2 amide bonds. The van der Waals surface area contributed by atoms with Gasteiger partial charge in [0.25, 0.3) is 0 Å². The summed E-state index contributed by atoms with van der Waals surface area (Å²) in [5.41, 5.74) is 0. The normalized spacial score (nSPS) is 22.8. The second-order valence-corrected chi connectivity index (χ2v) is 9.65. The SMILES string of the molecule is O=C(Nc1ncc(CN2CCCC2)s1)N(C1CCCCC1)C1CCCCC1. The summed E-state index contributed by atoms with van der Waals surface area (Å²) in [6.45, 7) is 3.36. The summed E-state index contributed by atoms with van der Waals surface area (Å²) in [5, 5.41) is 3.93. The summed E-state index contributed by atoms with van der Waals surface area (Å²) < 4.78 is 0. The highest BCUT2D eigenvalue weighted by molar-refractivity contribution is 7.15. The van der Waals surface area contributed by atoms with Gasteiger partial charge in [0.15, 0.2) is 5.13 Å². The van der Waals surface area contributed by atoms with Crippen molar-refractivity contribution in [3.63, 3.8) is 0 Å². The van der Waals surface area contributed by atoms with Gasteiger partial charge in [0.1, 0.15) is 0 Å². The average molecular weight is 391 g/mol. The van der Waals surface area contributed by atoms with Crippen LogP contribution < -0.4 is 5.32 Å². The summed E-state index contributed by atoms with van der Waals surface area (Å²) in [6.07, 6.45) is 16.9. The Bertz CT molecular complexity index is 583. The van der Waals surface area contributed by atoms with E-state index in [0.29, 0.717) is 12.1 Å². The van der Waals surface area contributed by atoms with Gasteiger partial charge >= 0.3 is 6.03 Å². The van der Waals surface area contributed by atoms with Crippen molar-refractivity contribution in [2.24, 2.45) is 0 Å². The van der Waals surface area contributed by atoms with E-state index >= 15 is 0 Å². The number of likely N-dealkylation sites (tertiary alicyclic amines) is 1. The molecule has 1 aromatic heterocycles. The highest BCUT2D eigenvalue weighted by atomic mass is 32.1. The molecule has 0 aromatic carbocycles. The molecule has 2 heterocycles. The maximum absolute atomic E-state index is 13.2. The molecule has 3 fully saturated rings. The molecule has 1 aromatic rings. The standard InChI is InChI=1S/C21H34N4OS/c26-21(23-20-22-15-19(27-20)16-24-13-7-8-14-24)25(17-9-3-1-4-10-17)18-11-5-2-6-12-18/h15,17-18H,1-14,16H2,(H,22,23,26). The molecule has 0 radical (unpaired) electrons. The Hall–Kier alpha value is -1.14. The summed E-state index contributed by atoms with van der Waals surface area (Å²) in [4.78, 5) is 23.7. The van der Waals surface area contributed by atoms with Crippen molar-refractivity contribution in [1.82, 2.24) is 14.8 Å². The highest BCUT2D eigenvalue weighted by Gasteiger charge is 2.32. The van der Waals surface area contributed by atoms with E-state index in [1.165, 1.54) is 95.0 Å². The summed E-state index contributed by atoms with van der Waals surface area (Å²) in [5.74, 6) is 0. The van der Waals surface area contributed by atoms with Crippen molar-refractivity contribution in [1.29, 1.82) is 0 Å². The molecule has 6 heteroatoms. The van der Waals surface area contributed by atoms with E-state index in [1.54, 1.807) is 11.3 Å². The number of hydrogen-bond donors (Lipinski definition) is 1. The van der Waals surface area contributed by atoms with Crippen molar-refractivity contribution in [2.45, 2.75) is 95.7 Å². The van der Waals surface area contributed by atoms with Crippen LogP contribution in [-0.4, -0.2) is 46.0 Å². The minimum atomic E-state index is 0.0934. The van der Waals surface area contributed by atoms with Gasteiger partial charge in [0, 0.05) is 29.7 Å². The lowest BCUT2D eigenvalue weighted by atomic mass is 9.89. The molecule has 0 spiro atoms. The fourth-order valence-corrected chi connectivity index (χ4v) is 5.95. The summed E-state index contributed by atoms with van der Waals surface area (Å²) >= 11 is 1.65. The van der Waals surface area contributed by atoms with Gasteiger partial charge in [0.05, 0.1) is 0 Å². The zero-order valence-electron chi connectivity index (χ0n) is 16.5. The van der Waals surface area contributed by atoms with Crippen molar-refractivity contribution < 1.29 is 4.79 Å². The van der Waals surface area contributed by atoms with Gasteiger partial charge in [-0.25, -0.2) is 9.78 Å². The Kier molecular flexibility index (Phi) is 6.66. The molecule has 0 unspecified atom stereocenters. The molecule has 1 N–H and O–H groups in total. The van der Waals surface area contributed by atoms with Crippen LogP contribution in [0.5, 0.6) is 0 Å². The van der Waals surface area contributed by atoms with E-state index in [4.69, 9.17) is 0 Å². The molecule has 0 bridgehead atoms. The molecule has 3 aliphatic rings. The van der Waals surface area contributed by atoms with Crippen LogP contribution in [0.4, 0.5) is 9.93 Å². The number of carbonyl (C=O) groups is 1. The fraction of sp³-hybridized carbons (Fsp3) is 0.810. The van der Waals surface area contributed by atoms with Gasteiger partial charge in [-0.2, -0.15) is 0 Å². The zero-order chi connectivity index (χ0) is 18.5. The number of hydrogen-bond acceptors (Lipinski definition) is 4. The van der Waals surface area contributed by atoms with Crippen LogP contribution in [0.1, 0.15) is 81.9 Å². The maximum atomic E-state index is 13.2. The number of thiazole rings is 1. The topological polar surface area (TPSA) is 48.5 Å². The predicted octanol–water partition coefficient (Wildman–Crippen LogP) is 5.24. The average Bonchev–Trinajstić information content (AvgIpc) is 3.36. The maximum Gasteiger partial charge on any atom is 0.324 e. The lowest BCUT2D eigenvalue weighted by Crippen LogP contribution is -2.50. The van der Waals surface area contributed by atoms with E-state index in [2.05, 4.69) is 20.1 Å². The van der Waals surface area contributed by atoms with Gasteiger partial charge in [-0.3, -0.25) is 10.2 Å². The Morgan fingerprint density at radius 3 is 2.19 bits per heavy atom. The zero-order valence-corrected chi connectivity index (χ0v) is 17.3. The fourth-order valence-electron chi connectivity index (χ4n) is 5.10. The first kappa shape index (κ1) is 19.2. The van der Waals surface area contributed by atoms with Crippen molar-refractivity contribution in [2.75, 3.05) is 18.4 Å². The van der Waals surface area contributed by atoms with Gasteiger partial charge in [0.2, 0.25) is 0 Å². The van der Waals surface area contributed by atoms with E-state index in [0.717, 1.165) is 11.7 Å². The third-order valence-corrected chi connectivity index (χ3v) is 7.41. The van der Waals surface area contributed by atoms with Crippen LogP contribution in [0.3, 0.4) is 0 Å². The van der Waals surface area contributed by atoms with Gasteiger partial charge in [-0.05, 0) is 51.6 Å².